The first-order valence-corrected chi connectivity index (χ1v) is 9.38. The molecule has 156 valence electrons. The number of hydrogen-bond acceptors (Lipinski definition) is 4. The third-order valence-electron chi connectivity index (χ3n) is 5.15. The van der Waals surface area contributed by atoms with Gasteiger partial charge in [-0.25, -0.2) is 4.39 Å². The van der Waals surface area contributed by atoms with E-state index >= 15 is 0 Å². The number of alkyl halides is 3. The number of piperidine rings is 1. The number of carbonyl (C=O) groups is 1. The van der Waals surface area contributed by atoms with Crippen molar-refractivity contribution in [1.29, 1.82) is 0 Å². The van der Waals surface area contributed by atoms with Crippen LogP contribution in [-0.2, 0) is 6.18 Å². The minimum absolute atomic E-state index is 0.140. The van der Waals surface area contributed by atoms with Gasteiger partial charge in [0.1, 0.15) is 5.82 Å². The topological polar surface area (TPSA) is 59.2 Å². The van der Waals surface area contributed by atoms with Crippen molar-refractivity contribution in [2.45, 2.75) is 24.9 Å². The Morgan fingerprint density at radius 1 is 1.03 bits per heavy atom. The average molecular weight is 419 g/mol. The Morgan fingerprint density at radius 2 is 1.70 bits per heavy atom. The lowest BCUT2D eigenvalue weighted by Gasteiger charge is -2.31. The molecule has 1 aliphatic heterocycles. The molecule has 0 unspecified atom stereocenters. The molecule has 1 saturated heterocycles. The summed E-state index contributed by atoms with van der Waals surface area (Å²) in [5.74, 6) is -0.802. The molecule has 1 amide bonds. The van der Waals surface area contributed by atoms with E-state index in [1.807, 2.05) is 0 Å². The number of benzene rings is 2. The van der Waals surface area contributed by atoms with Gasteiger partial charge in [-0.2, -0.15) is 18.2 Å². The smallest absolute Gasteiger partial charge is 0.339 e. The van der Waals surface area contributed by atoms with Gasteiger partial charge in [0.2, 0.25) is 11.7 Å². The van der Waals surface area contributed by atoms with E-state index in [-0.39, 0.29) is 36.0 Å². The van der Waals surface area contributed by atoms with E-state index in [2.05, 4.69) is 10.1 Å². The van der Waals surface area contributed by atoms with Gasteiger partial charge in [0.15, 0.2) is 0 Å². The summed E-state index contributed by atoms with van der Waals surface area (Å²) >= 11 is 0. The number of nitrogens with zero attached hydrogens (tertiary/aromatic N) is 3. The predicted molar refractivity (Wildman–Crippen MR) is 99.0 cm³/mol. The highest BCUT2D eigenvalue weighted by Crippen LogP contribution is 2.34. The van der Waals surface area contributed by atoms with Crippen LogP contribution in [-0.4, -0.2) is 34.0 Å². The van der Waals surface area contributed by atoms with Crippen LogP contribution in [0.25, 0.3) is 11.4 Å². The molecule has 3 aromatic rings. The molecule has 9 heteroatoms. The quantitative estimate of drug-likeness (QED) is 0.566. The first-order valence-electron chi connectivity index (χ1n) is 9.38. The number of rotatable bonds is 3. The maximum absolute atomic E-state index is 13.9. The second-order valence-electron chi connectivity index (χ2n) is 7.05. The molecule has 30 heavy (non-hydrogen) atoms. The summed E-state index contributed by atoms with van der Waals surface area (Å²) < 4.78 is 58.8. The SMILES string of the molecule is O=C(c1ccccc1C(F)(F)F)N1CCC(c2nc(-c3ccccc3F)no2)CC1. The van der Waals surface area contributed by atoms with Crippen molar-refractivity contribution in [2.75, 3.05) is 13.1 Å². The fourth-order valence-corrected chi connectivity index (χ4v) is 3.57. The van der Waals surface area contributed by atoms with Gasteiger partial charge < -0.3 is 9.42 Å². The Morgan fingerprint density at radius 3 is 2.40 bits per heavy atom. The van der Waals surface area contributed by atoms with Crippen LogP contribution >= 0.6 is 0 Å². The Balaban J connectivity index is 1.45. The standard InChI is InChI=1S/C21H17F4N3O2/c22-17-8-4-2-6-15(17)18-26-19(30-27-18)13-9-11-28(12-10-13)20(29)14-5-1-3-7-16(14)21(23,24)25/h1-8,13H,9-12H2. The second-order valence-corrected chi connectivity index (χ2v) is 7.05. The van der Waals surface area contributed by atoms with Crippen LogP contribution in [0.1, 0.15) is 40.6 Å². The molecule has 0 bridgehead atoms. The van der Waals surface area contributed by atoms with E-state index in [0.717, 1.165) is 6.07 Å². The van der Waals surface area contributed by atoms with E-state index in [9.17, 15) is 22.4 Å². The fraction of sp³-hybridized carbons (Fsp3) is 0.286. The first kappa shape index (κ1) is 20.1. The van der Waals surface area contributed by atoms with Crippen molar-refractivity contribution in [3.05, 3.63) is 71.4 Å². The van der Waals surface area contributed by atoms with E-state index in [4.69, 9.17) is 4.52 Å². The summed E-state index contributed by atoms with van der Waals surface area (Å²) in [7, 11) is 0. The lowest BCUT2D eigenvalue weighted by atomic mass is 9.95. The van der Waals surface area contributed by atoms with Crippen molar-refractivity contribution < 1.29 is 26.9 Å². The highest BCUT2D eigenvalue weighted by molar-refractivity contribution is 5.96. The predicted octanol–water partition coefficient (Wildman–Crippen LogP) is 4.91. The van der Waals surface area contributed by atoms with Crippen LogP contribution in [0.4, 0.5) is 17.6 Å². The zero-order valence-electron chi connectivity index (χ0n) is 15.7. The van der Waals surface area contributed by atoms with E-state index < -0.39 is 23.5 Å². The number of amides is 1. The highest BCUT2D eigenvalue weighted by Gasteiger charge is 2.37. The zero-order valence-corrected chi connectivity index (χ0v) is 15.7. The summed E-state index contributed by atoms with van der Waals surface area (Å²) in [6.07, 6.45) is -3.69. The van der Waals surface area contributed by atoms with E-state index in [1.54, 1.807) is 18.2 Å². The van der Waals surface area contributed by atoms with Gasteiger partial charge in [0.25, 0.3) is 5.91 Å². The molecule has 2 aromatic carbocycles. The molecule has 1 aromatic heterocycles. The van der Waals surface area contributed by atoms with Crippen molar-refractivity contribution in [2.24, 2.45) is 0 Å². The van der Waals surface area contributed by atoms with Crippen LogP contribution in [0.2, 0.25) is 0 Å². The summed E-state index contributed by atoms with van der Waals surface area (Å²) in [6, 6.07) is 10.8. The molecule has 0 spiro atoms. The molecule has 2 heterocycles. The fourth-order valence-electron chi connectivity index (χ4n) is 3.57. The van der Waals surface area contributed by atoms with Crippen LogP contribution < -0.4 is 0 Å². The molecule has 0 radical (unpaired) electrons. The van der Waals surface area contributed by atoms with Crippen molar-refractivity contribution in [3.63, 3.8) is 0 Å². The first-order chi connectivity index (χ1) is 14.3. The van der Waals surface area contributed by atoms with Gasteiger partial charge >= 0.3 is 6.18 Å². The molecular weight excluding hydrogens is 402 g/mol. The van der Waals surface area contributed by atoms with Crippen LogP contribution in [0, 0.1) is 5.82 Å². The third-order valence-corrected chi connectivity index (χ3v) is 5.15. The van der Waals surface area contributed by atoms with Gasteiger partial charge in [-0.1, -0.05) is 29.4 Å². The summed E-state index contributed by atoms with van der Waals surface area (Å²) in [5.41, 5.74) is -1.07. The molecule has 5 nitrogen and oxygen atoms in total. The molecule has 4 rings (SSSR count). The van der Waals surface area contributed by atoms with Gasteiger partial charge in [0.05, 0.1) is 16.7 Å². The highest BCUT2D eigenvalue weighted by atomic mass is 19.4. The van der Waals surface area contributed by atoms with Crippen molar-refractivity contribution in [3.8, 4) is 11.4 Å². The number of hydrogen-bond donors (Lipinski definition) is 0. The Hall–Kier alpha value is -3.23. The maximum Gasteiger partial charge on any atom is 0.417 e. The van der Waals surface area contributed by atoms with Crippen molar-refractivity contribution in [1.82, 2.24) is 15.0 Å². The molecule has 1 aliphatic rings. The van der Waals surface area contributed by atoms with Crippen LogP contribution in [0.15, 0.2) is 53.1 Å². The average Bonchev–Trinajstić information content (AvgIpc) is 3.23. The van der Waals surface area contributed by atoms with Gasteiger partial charge in [0, 0.05) is 19.0 Å². The van der Waals surface area contributed by atoms with Crippen LogP contribution in [0.5, 0.6) is 0 Å². The number of halogens is 4. The molecule has 0 saturated carbocycles. The van der Waals surface area contributed by atoms with Crippen LogP contribution in [0.3, 0.4) is 0 Å². The van der Waals surface area contributed by atoms with Gasteiger partial charge in [-0.15, -0.1) is 0 Å². The van der Waals surface area contributed by atoms with E-state index in [0.29, 0.717) is 18.7 Å². The summed E-state index contributed by atoms with van der Waals surface area (Å²) in [4.78, 5) is 18.3. The largest absolute Gasteiger partial charge is 0.417 e. The second kappa shape index (κ2) is 7.89. The molecular formula is C21H17F4N3O2. The maximum atomic E-state index is 13.9. The number of aromatic nitrogens is 2. The summed E-state index contributed by atoms with van der Waals surface area (Å²) in [6.45, 7) is 0.514. The molecule has 0 N–H and O–H groups in total. The molecule has 0 atom stereocenters. The molecule has 0 aliphatic carbocycles. The number of carbonyl (C=O) groups excluding carboxylic acids is 1. The van der Waals surface area contributed by atoms with E-state index in [1.165, 1.54) is 29.2 Å². The Kier molecular flexibility index (Phi) is 5.27. The zero-order chi connectivity index (χ0) is 21.3. The summed E-state index contributed by atoms with van der Waals surface area (Å²) in [5, 5.41) is 3.83. The third kappa shape index (κ3) is 3.92. The number of likely N-dealkylation sites (tertiary alicyclic amines) is 1. The van der Waals surface area contributed by atoms with Gasteiger partial charge in [-0.05, 0) is 37.1 Å². The Bertz CT molecular complexity index is 1060. The lowest BCUT2D eigenvalue weighted by Crippen LogP contribution is -2.38. The minimum Gasteiger partial charge on any atom is -0.339 e. The Labute approximate surface area is 169 Å². The lowest BCUT2D eigenvalue weighted by molar-refractivity contribution is -0.138. The monoisotopic (exact) mass is 419 g/mol. The van der Waals surface area contributed by atoms with Crippen molar-refractivity contribution >= 4 is 5.91 Å². The molecule has 1 fully saturated rings. The van der Waals surface area contributed by atoms with Gasteiger partial charge in [-0.3, -0.25) is 4.79 Å². The normalized spacial score (nSPS) is 15.4. The minimum atomic E-state index is -4.60.